The molecule has 40 heavy (non-hydrogen) atoms. The SMILES string of the molecule is O=[N+]([O-])c1ccc(O)c(/C=N/N=C(C(=N/N=C/c2cc([N+](=O)[O-])ccc2O)c2ccccc2)c2ccccc2)c1. The summed E-state index contributed by atoms with van der Waals surface area (Å²) in [4.78, 5) is 21.1. The van der Waals surface area contributed by atoms with Crippen molar-refractivity contribution in [1.29, 1.82) is 0 Å². The first kappa shape index (κ1) is 27.0. The van der Waals surface area contributed by atoms with Gasteiger partial charge in [0.25, 0.3) is 11.4 Å². The molecule has 0 aromatic heterocycles. The first-order valence-corrected chi connectivity index (χ1v) is 11.6. The summed E-state index contributed by atoms with van der Waals surface area (Å²) in [5.74, 6) is -0.437. The highest BCUT2D eigenvalue weighted by Gasteiger charge is 2.16. The molecule has 12 nitrogen and oxygen atoms in total. The van der Waals surface area contributed by atoms with Crippen LogP contribution in [0, 0.1) is 20.2 Å². The smallest absolute Gasteiger partial charge is 0.270 e. The quantitative estimate of drug-likeness (QED) is 0.167. The van der Waals surface area contributed by atoms with E-state index >= 15 is 0 Å². The number of aromatic hydroxyl groups is 2. The van der Waals surface area contributed by atoms with Gasteiger partial charge in [0.1, 0.15) is 22.9 Å². The van der Waals surface area contributed by atoms with E-state index in [4.69, 9.17) is 0 Å². The van der Waals surface area contributed by atoms with E-state index in [1.54, 1.807) is 48.5 Å². The number of nitro groups is 2. The third-order valence-corrected chi connectivity index (χ3v) is 5.47. The van der Waals surface area contributed by atoms with Crippen LogP contribution in [0.2, 0.25) is 0 Å². The summed E-state index contributed by atoms with van der Waals surface area (Å²) in [5.41, 5.74) is 1.48. The number of nitrogens with zero attached hydrogens (tertiary/aromatic N) is 6. The standard InChI is InChI=1S/C28H20N6O6/c35-25-13-11-23(33(37)38)15-21(25)17-29-31-27(19-7-3-1-4-8-19)28(20-9-5-2-6-10-20)32-30-18-22-16-24(34(39)40)12-14-26(22)36/h1-18,35-36H/b29-17+,30-18+,31-27?,32-28?. The molecule has 0 unspecified atom stereocenters. The Morgan fingerprint density at radius 1 is 0.600 bits per heavy atom. The van der Waals surface area contributed by atoms with Crippen molar-refractivity contribution in [2.45, 2.75) is 0 Å². The third kappa shape index (κ3) is 6.63. The zero-order valence-electron chi connectivity index (χ0n) is 20.6. The van der Waals surface area contributed by atoms with Crippen LogP contribution in [0.3, 0.4) is 0 Å². The second kappa shape index (κ2) is 12.5. The largest absolute Gasteiger partial charge is 0.507 e. The lowest BCUT2D eigenvalue weighted by atomic mass is 10.00. The number of phenols is 2. The number of phenolic OH excluding ortho intramolecular Hbond substituents is 2. The first-order valence-electron chi connectivity index (χ1n) is 11.6. The summed E-state index contributed by atoms with van der Waals surface area (Å²) in [7, 11) is 0. The van der Waals surface area contributed by atoms with Crippen LogP contribution in [-0.2, 0) is 0 Å². The van der Waals surface area contributed by atoms with Gasteiger partial charge in [-0.25, -0.2) is 0 Å². The Morgan fingerprint density at radius 3 is 1.32 bits per heavy atom. The average molecular weight is 537 g/mol. The molecule has 0 aliphatic carbocycles. The van der Waals surface area contributed by atoms with Crippen LogP contribution in [-0.4, -0.2) is 43.9 Å². The molecule has 0 radical (unpaired) electrons. The van der Waals surface area contributed by atoms with Gasteiger partial charge in [-0.1, -0.05) is 60.7 Å². The summed E-state index contributed by atoms with van der Waals surface area (Å²) >= 11 is 0. The summed E-state index contributed by atoms with van der Waals surface area (Å²) in [5, 5.41) is 59.3. The van der Waals surface area contributed by atoms with E-state index in [1.807, 2.05) is 12.1 Å². The van der Waals surface area contributed by atoms with Crippen molar-refractivity contribution in [2.75, 3.05) is 0 Å². The summed E-state index contributed by atoms with van der Waals surface area (Å²) in [6.45, 7) is 0. The van der Waals surface area contributed by atoms with Crippen molar-refractivity contribution < 1.29 is 20.1 Å². The van der Waals surface area contributed by atoms with Crippen LogP contribution in [0.4, 0.5) is 11.4 Å². The maximum atomic E-state index is 11.1. The highest BCUT2D eigenvalue weighted by molar-refractivity contribution is 6.53. The van der Waals surface area contributed by atoms with E-state index in [0.29, 0.717) is 11.1 Å². The van der Waals surface area contributed by atoms with Crippen molar-refractivity contribution in [3.63, 3.8) is 0 Å². The number of non-ortho nitro benzene ring substituents is 2. The molecule has 0 bridgehead atoms. The number of benzene rings is 4. The molecule has 0 amide bonds. The minimum atomic E-state index is -0.591. The molecule has 0 spiro atoms. The number of hydrogen-bond acceptors (Lipinski definition) is 10. The lowest BCUT2D eigenvalue weighted by molar-refractivity contribution is -0.385. The van der Waals surface area contributed by atoms with Crippen LogP contribution in [0.25, 0.3) is 0 Å². The van der Waals surface area contributed by atoms with E-state index in [1.165, 1.54) is 48.8 Å². The minimum absolute atomic E-state index is 0.0859. The average Bonchev–Trinajstić information content (AvgIpc) is 2.96. The van der Waals surface area contributed by atoms with Gasteiger partial charge in [-0.2, -0.15) is 10.2 Å². The van der Waals surface area contributed by atoms with E-state index in [-0.39, 0.29) is 45.4 Å². The van der Waals surface area contributed by atoms with Gasteiger partial charge in [0.2, 0.25) is 0 Å². The lowest BCUT2D eigenvalue weighted by Crippen LogP contribution is -2.17. The predicted octanol–water partition coefficient (Wildman–Crippen LogP) is 5.26. The molecule has 0 heterocycles. The zero-order chi connectivity index (χ0) is 28.5. The number of rotatable bonds is 9. The molecule has 0 atom stereocenters. The van der Waals surface area contributed by atoms with E-state index < -0.39 is 9.85 Å². The van der Waals surface area contributed by atoms with E-state index in [0.717, 1.165) is 0 Å². The fraction of sp³-hybridized carbons (Fsp3) is 0. The van der Waals surface area contributed by atoms with Crippen molar-refractivity contribution >= 4 is 35.2 Å². The van der Waals surface area contributed by atoms with Crippen LogP contribution >= 0.6 is 0 Å². The fourth-order valence-corrected chi connectivity index (χ4v) is 3.49. The minimum Gasteiger partial charge on any atom is -0.507 e. The molecular formula is C28H20N6O6. The van der Waals surface area contributed by atoms with E-state index in [9.17, 15) is 30.4 Å². The van der Waals surface area contributed by atoms with Crippen LogP contribution in [0.15, 0.2) is 117 Å². The fourth-order valence-electron chi connectivity index (χ4n) is 3.49. The monoisotopic (exact) mass is 536 g/mol. The van der Waals surface area contributed by atoms with Gasteiger partial charge in [0.15, 0.2) is 0 Å². The molecule has 198 valence electrons. The molecule has 4 aromatic carbocycles. The Hall–Kier alpha value is -6.04. The molecule has 0 saturated carbocycles. The van der Waals surface area contributed by atoms with E-state index in [2.05, 4.69) is 20.4 Å². The second-order valence-corrected chi connectivity index (χ2v) is 8.12. The Bertz CT molecular complexity index is 1540. The summed E-state index contributed by atoms with van der Waals surface area (Å²) < 4.78 is 0. The molecule has 0 aliphatic heterocycles. The van der Waals surface area contributed by atoms with Crippen molar-refractivity contribution in [3.8, 4) is 11.5 Å². The molecule has 0 saturated heterocycles. The van der Waals surface area contributed by atoms with Gasteiger partial charge < -0.3 is 10.2 Å². The topological polar surface area (TPSA) is 176 Å². The van der Waals surface area contributed by atoms with Gasteiger partial charge in [-0.15, -0.1) is 10.2 Å². The molecule has 4 rings (SSSR count). The molecule has 4 aromatic rings. The normalized spacial score (nSPS) is 12.2. The molecular weight excluding hydrogens is 516 g/mol. The predicted molar refractivity (Wildman–Crippen MR) is 151 cm³/mol. The lowest BCUT2D eigenvalue weighted by Gasteiger charge is -2.08. The Balaban J connectivity index is 1.81. The van der Waals surface area contributed by atoms with Gasteiger partial charge in [0.05, 0.1) is 22.3 Å². The highest BCUT2D eigenvalue weighted by Crippen LogP contribution is 2.22. The molecule has 12 heteroatoms. The molecule has 0 aliphatic rings. The maximum absolute atomic E-state index is 11.1. The van der Waals surface area contributed by atoms with Crippen LogP contribution in [0.5, 0.6) is 11.5 Å². The van der Waals surface area contributed by atoms with Crippen molar-refractivity contribution in [2.24, 2.45) is 20.4 Å². The van der Waals surface area contributed by atoms with Gasteiger partial charge in [0, 0.05) is 46.5 Å². The summed E-state index contributed by atoms with van der Waals surface area (Å²) in [6, 6.07) is 24.9. The van der Waals surface area contributed by atoms with Gasteiger partial charge >= 0.3 is 0 Å². The second-order valence-electron chi connectivity index (χ2n) is 8.12. The zero-order valence-corrected chi connectivity index (χ0v) is 20.6. The maximum Gasteiger partial charge on any atom is 0.270 e. The number of nitro benzene ring substituents is 2. The third-order valence-electron chi connectivity index (χ3n) is 5.47. The van der Waals surface area contributed by atoms with Gasteiger partial charge in [-0.3, -0.25) is 20.2 Å². The number of hydrogen-bond donors (Lipinski definition) is 2. The van der Waals surface area contributed by atoms with Crippen molar-refractivity contribution in [3.05, 3.63) is 140 Å². The Kier molecular flexibility index (Phi) is 8.42. The van der Waals surface area contributed by atoms with Crippen LogP contribution < -0.4 is 0 Å². The first-order chi connectivity index (χ1) is 19.3. The van der Waals surface area contributed by atoms with Gasteiger partial charge in [-0.05, 0) is 12.1 Å². The Labute approximate surface area is 226 Å². The molecule has 0 fully saturated rings. The molecule has 2 N–H and O–H groups in total. The summed E-state index contributed by atoms with van der Waals surface area (Å²) in [6.07, 6.45) is 2.36. The van der Waals surface area contributed by atoms with Crippen molar-refractivity contribution in [1.82, 2.24) is 0 Å². The van der Waals surface area contributed by atoms with Crippen LogP contribution in [0.1, 0.15) is 22.3 Å². The highest BCUT2D eigenvalue weighted by atomic mass is 16.6. The Morgan fingerprint density at radius 2 is 0.975 bits per heavy atom.